The van der Waals surface area contributed by atoms with E-state index in [2.05, 4.69) is 17.6 Å². The standard InChI is InChI=1S/C18H23ClN2O/c1-2-3-14-22-16-10-8-15(9-11-16)20-12-13-21-18-7-5-4-6-17(18)19/h4-11,20-21H,2-3,12-14H2,1H3. The van der Waals surface area contributed by atoms with Crippen molar-refractivity contribution in [3.63, 3.8) is 0 Å². The van der Waals surface area contributed by atoms with Gasteiger partial charge < -0.3 is 15.4 Å². The molecule has 0 aliphatic heterocycles. The van der Waals surface area contributed by atoms with E-state index in [1.54, 1.807) is 0 Å². The fourth-order valence-electron chi connectivity index (χ4n) is 2.01. The molecule has 0 saturated heterocycles. The fraction of sp³-hybridized carbons (Fsp3) is 0.333. The van der Waals surface area contributed by atoms with Crippen molar-refractivity contribution in [2.45, 2.75) is 19.8 Å². The number of unbranched alkanes of at least 4 members (excludes halogenated alkanes) is 1. The molecule has 0 aliphatic carbocycles. The molecule has 0 heterocycles. The lowest BCUT2D eigenvalue weighted by atomic mass is 10.3. The molecule has 3 nitrogen and oxygen atoms in total. The zero-order valence-electron chi connectivity index (χ0n) is 12.9. The lowest BCUT2D eigenvalue weighted by Gasteiger charge is -2.11. The third-order valence-electron chi connectivity index (χ3n) is 3.26. The Morgan fingerprint density at radius 3 is 2.41 bits per heavy atom. The highest BCUT2D eigenvalue weighted by molar-refractivity contribution is 6.33. The maximum absolute atomic E-state index is 6.09. The van der Waals surface area contributed by atoms with Crippen LogP contribution in [0.15, 0.2) is 48.5 Å². The summed E-state index contributed by atoms with van der Waals surface area (Å²) in [4.78, 5) is 0. The zero-order chi connectivity index (χ0) is 15.6. The minimum atomic E-state index is 0.746. The van der Waals surface area contributed by atoms with Gasteiger partial charge in [-0.3, -0.25) is 0 Å². The smallest absolute Gasteiger partial charge is 0.119 e. The van der Waals surface area contributed by atoms with Gasteiger partial charge in [0.15, 0.2) is 0 Å². The Morgan fingerprint density at radius 1 is 0.955 bits per heavy atom. The van der Waals surface area contributed by atoms with E-state index in [-0.39, 0.29) is 0 Å². The lowest BCUT2D eigenvalue weighted by molar-refractivity contribution is 0.309. The molecule has 0 radical (unpaired) electrons. The molecule has 0 aromatic heterocycles. The van der Waals surface area contributed by atoms with Gasteiger partial charge in [0.05, 0.1) is 17.3 Å². The van der Waals surface area contributed by atoms with Gasteiger partial charge in [-0.05, 0) is 42.8 Å². The Balaban J connectivity index is 1.70. The van der Waals surface area contributed by atoms with Crippen molar-refractivity contribution in [2.75, 3.05) is 30.3 Å². The van der Waals surface area contributed by atoms with Crippen LogP contribution in [0.3, 0.4) is 0 Å². The van der Waals surface area contributed by atoms with Gasteiger partial charge in [0, 0.05) is 18.8 Å². The van der Waals surface area contributed by atoms with Crippen LogP contribution >= 0.6 is 11.6 Å². The third-order valence-corrected chi connectivity index (χ3v) is 3.59. The summed E-state index contributed by atoms with van der Waals surface area (Å²) >= 11 is 6.09. The molecule has 0 unspecified atom stereocenters. The first-order chi connectivity index (χ1) is 10.8. The van der Waals surface area contributed by atoms with E-state index in [0.29, 0.717) is 0 Å². The summed E-state index contributed by atoms with van der Waals surface area (Å²) in [7, 11) is 0. The highest BCUT2D eigenvalue weighted by atomic mass is 35.5. The van der Waals surface area contributed by atoms with Crippen LogP contribution in [-0.2, 0) is 0 Å². The number of rotatable bonds is 9. The Bertz CT molecular complexity index is 557. The first-order valence-electron chi connectivity index (χ1n) is 7.74. The van der Waals surface area contributed by atoms with Crippen molar-refractivity contribution in [1.29, 1.82) is 0 Å². The van der Waals surface area contributed by atoms with Gasteiger partial charge in [-0.2, -0.15) is 0 Å². The van der Waals surface area contributed by atoms with E-state index in [1.165, 1.54) is 0 Å². The van der Waals surface area contributed by atoms with Gasteiger partial charge >= 0.3 is 0 Å². The van der Waals surface area contributed by atoms with Crippen molar-refractivity contribution >= 4 is 23.0 Å². The van der Waals surface area contributed by atoms with Crippen molar-refractivity contribution in [3.05, 3.63) is 53.6 Å². The summed E-state index contributed by atoms with van der Waals surface area (Å²) < 4.78 is 5.64. The minimum Gasteiger partial charge on any atom is -0.494 e. The molecular weight excluding hydrogens is 296 g/mol. The molecule has 0 fully saturated rings. The number of hydrogen-bond acceptors (Lipinski definition) is 3. The predicted octanol–water partition coefficient (Wildman–Crippen LogP) is 5.04. The number of hydrogen-bond donors (Lipinski definition) is 2. The van der Waals surface area contributed by atoms with Crippen LogP contribution in [0.1, 0.15) is 19.8 Å². The van der Waals surface area contributed by atoms with E-state index >= 15 is 0 Å². The van der Waals surface area contributed by atoms with Crippen molar-refractivity contribution in [2.24, 2.45) is 0 Å². The summed E-state index contributed by atoms with van der Waals surface area (Å²) in [5.74, 6) is 0.924. The van der Waals surface area contributed by atoms with E-state index in [4.69, 9.17) is 16.3 Å². The van der Waals surface area contributed by atoms with Crippen LogP contribution in [0, 0.1) is 0 Å². The van der Waals surface area contributed by atoms with E-state index < -0.39 is 0 Å². The molecule has 2 aromatic carbocycles. The normalized spacial score (nSPS) is 10.3. The predicted molar refractivity (Wildman–Crippen MR) is 95.3 cm³/mol. The molecular formula is C18H23ClN2O. The van der Waals surface area contributed by atoms with Gasteiger partial charge in [-0.25, -0.2) is 0 Å². The quantitative estimate of drug-likeness (QED) is 0.635. The largest absolute Gasteiger partial charge is 0.494 e. The first kappa shape index (κ1) is 16.5. The molecule has 2 N–H and O–H groups in total. The molecule has 118 valence electrons. The molecule has 22 heavy (non-hydrogen) atoms. The Labute approximate surface area is 137 Å². The topological polar surface area (TPSA) is 33.3 Å². The van der Waals surface area contributed by atoms with Crippen molar-refractivity contribution < 1.29 is 4.74 Å². The van der Waals surface area contributed by atoms with Crippen LogP contribution in [0.2, 0.25) is 5.02 Å². The first-order valence-corrected chi connectivity index (χ1v) is 8.12. The summed E-state index contributed by atoms with van der Waals surface area (Å²) in [6.45, 7) is 4.57. The molecule has 0 atom stereocenters. The molecule has 0 amide bonds. The second-order valence-corrected chi connectivity index (χ2v) is 5.47. The molecule has 0 aliphatic rings. The maximum atomic E-state index is 6.09. The Morgan fingerprint density at radius 2 is 1.68 bits per heavy atom. The van der Waals surface area contributed by atoms with E-state index in [1.807, 2.05) is 48.5 Å². The second kappa shape index (κ2) is 9.21. The number of para-hydroxylation sites is 1. The van der Waals surface area contributed by atoms with Gasteiger partial charge in [0.2, 0.25) is 0 Å². The maximum Gasteiger partial charge on any atom is 0.119 e. The van der Waals surface area contributed by atoms with Crippen LogP contribution in [0.25, 0.3) is 0 Å². The summed E-state index contributed by atoms with van der Waals surface area (Å²) in [5.41, 5.74) is 2.05. The number of nitrogens with one attached hydrogen (secondary N) is 2. The number of anilines is 2. The third kappa shape index (κ3) is 5.49. The Hall–Kier alpha value is -1.87. The fourth-order valence-corrected chi connectivity index (χ4v) is 2.21. The Kier molecular flexibility index (Phi) is 6.91. The number of ether oxygens (including phenoxy) is 1. The van der Waals surface area contributed by atoms with Gasteiger partial charge in [0.1, 0.15) is 5.75 Å². The SMILES string of the molecule is CCCCOc1ccc(NCCNc2ccccc2Cl)cc1. The molecule has 0 saturated carbocycles. The summed E-state index contributed by atoms with van der Waals surface area (Å²) in [5, 5.41) is 7.42. The number of halogens is 1. The summed E-state index contributed by atoms with van der Waals surface area (Å²) in [6.07, 6.45) is 2.24. The summed E-state index contributed by atoms with van der Waals surface area (Å²) in [6, 6.07) is 15.8. The van der Waals surface area contributed by atoms with Crippen LogP contribution in [0.4, 0.5) is 11.4 Å². The average Bonchev–Trinajstić information content (AvgIpc) is 2.55. The molecule has 2 rings (SSSR count). The van der Waals surface area contributed by atoms with Crippen molar-refractivity contribution in [1.82, 2.24) is 0 Å². The van der Waals surface area contributed by atoms with Crippen molar-refractivity contribution in [3.8, 4) is 5.75 Å². The molecule has 0 bridgehead atoms. The van der Waals surface area contributed by atoms with Crippen LogP contribution < -0.4 is 15.4 Å². The van der Waals surface area contributed by atoms with E-state index in [9.17, 15) is 0 Å². The minimum absolute atomic E-state index is 0.746. The van der Waals surface area contributed by atoms with E-state index in [0.717, 1.165) is 54.7 Å². The van der Waals surface area contributed by atoms with Gasteiger partial charge in [-0.1, -0.05) is 37.1 Å². The molecule has 2 aromatic rings. The molecule has 4 heteroatoms. The lowest BCUT2D eigenvalue weighted by Crippen LogP contribution is -2.13. The highest BCUT2D eigenvalue weighted by Crippen LogP contribution is 2.20. The van der Waals surface area contributed by atoms with Gasteiger partial charge in [0.25, 0.3) is 0 Å². The number of benzene rings is 2. The van der Waals surface area contributed by atoms with Crippen LogP contribution in [0.5, 0.6) is 5.75 Å². The monoisotopic (exact) mass is 318 g/mol. The second-order valence-electron chi connectivity index (χ2n) is 5.06. The van der Waals surface area contributed by atoms with Crippen LogP contribution in [-0.4, -0.2) is 19.7 Å². The zero-order valence-corrected chi connectivity index (χ0v) is 13.7. The molecule has 0 spiro atoms. The highest BCUT2D eigenvalue weighted by Gasteiger charge is 1.98. The van der Waals surface area contributed by atoms with Gasteiger partial charge in [-0.15, -0.1) is 0 Å². The average molecular weight is 319 g/mol.